The van der Waals surface area contributed by atoms with Crippen molar-refractivity contribution in [3.05, 3.63) is 35.9 Å². The Kier molecular flexibility index (Phi) is 5.50. The second-order valence-corrected chi connectivity index (χ2v) is 5.82. The van der Waals surface area contributed by atoms with E-state index in [1.807, 2.05) is 12.1 Å². The fourth-order valence-electron chi connectivity index (χ4n) is 2.84. The van der Waals surface area contributed by atoms with Crippen LogP contribution in [0.25, 0.3) is 0 Å². The van der Waals surface area contributed by atoms with Crippen molar-refractivity contribution < 1.29 is 15.5 Å². The van der Waals surface area contributed by atoms with E-state index < -0.39 is 0 Å². The van der Waals surface area contributed by atoms with Gasteiger partial charge in [-0.3, -0.25) is 0 Å². The van der Waals surface area contributed by atoms with Gasteiger partial charge in [-0.1, -0.05) is 43.7 Å². The van der Waals surface area contributed by atoms with Crippen molar-refractivity contribution in [2.45, 2.75) is 45.6 Å². The van der Waals surface area contributed by atoms with E-state index in [1.165, 1.54) is 6.42 Å². The van der Waals surface area contributed by atoms with E-state index in [9.17, 15) is 4.79 Å². The maximum atomic E-state index is 12.1. The Labute approximate surface area is 129 Å². The van der Waals surface area contributed by atoms with Gasteiger partial charge in [0.15, 0.2) is 0 Å². The number of nitrogens with one attached hydrogen (secondary N) is 1. The third kappa shape index (κ3) is 5.05. The van der Waals surface area contributed by atoms with Crippen LogP contribution in [0.4, 0.5) is 4.79 Å². The molecule has 4 nitrogen and oxygen atoms in total. The molecular formula is C17H27N2O2+. The topological polar surface area (TPSA) is 38.3 Å². The molecule has 1 aliphatic heterocycles. The SMILES string of the molecule is [3H]c1ccc(C[N+]2(NC(=O)OCCCC)CCCCC2)cc1. The Hall–Kier alpha value is -1.55. The maximum Gasteiger partial charge on any atom is 0.451 e. The largest absolute Gasteiger partial charge is 0.451 e. The molecule has 4 heteroatoms. The zero-order valence-electron chi connectivity index (χ0n) is 13.9. The predicted molar refractivity (Wildman–Crippen MR) is 83.4 cm³/mol. The third-order valence-electron chi connectivity index (χ3n) is 4.00. The van der Waals surface area contributed by atoms with Gasteiger partial charge in [-0.2, -0.15) is 5.43 Å². The van der Waals surface area contributed by atoms with E-state index in [4.69, 9.17) is 6.11 Å². The molecule has 0 aromatic heterocycles. The van der Waals surface area contributed by atoms with Crippen LogP contribution in [0, 0.1) is 0 Å². The molecule has 116 valence electrons. The maximum absolute atomic E-state index is 12.1. The number of quaternary nitrogens is 1. The molecule has 1 N–H and O–H groups in total. The summed E-state index contributed by atoms with van der Waals surface area (Å²) < 4.78 is 13.4. The first-order valence-corrected chi connectivity index (χ1v) is 8.00. The smallest absolute Gasteiger partial charge is 0.446 e. The Balaban J connectivity index is 2.00. The zero-order valence-corrected chi connectivity index (χ0v) is 12.9. The molecule has 1 aromatic rings. The number of carbonyl (C=O) groups excluding carboxylic acids is 1. The summed E-state index contributed by atoms with van der Waals surface area (Å²) in [6.45, 7) is 5.19. The van der Waals surface area contributed by atoms with Crippen LogP contribution < -0.4 is 5.43 Å². The number of benzene rings is 1. The lowest BCUT2D eigenvalue weighted by molar-refractivity contribution is -0.978. The van der Waals surface area contributed by atoms with Crippen molar-refractivity contribution in [2.24, 2.45) is 0 Å². The van der Waals surface area contributed by atoms with Crippen LogP contribution in [0.1, 0.15) is 46.0 Å². The molecule has 0 saturated carbocycles. The molecule has 0 radical (unpaired) electrons. The van der Waals surface area contributed by atoms with E-state index in [2.05, 4.69) is 12.3 Å². The van der Waals surface area contributed by atoms with E-state index in [0.29, 0.717) is 17.2 Å². The number of unbranched alkanes of at least 4 members (excludes halogenated alkanes) is 1. The number of carbonyl (C=O) groups is 1. The van der Waals surface area contributed by atoms with Gasteiger partial charge in [-0.25, -0.2) is 9.39 Å². The van der Waals surface area contributed by atoms with Crippen LogP contribution in [0.15, 0.2) is 30.3 Å². The number of hydrogen-bond donors (Lipinski definition) is 1. The van der Waals surface area contributed by atoms with Crippen molar-refractivity contribution in [1.82, 2.24) is 5.43 Å². The zero-order chi connectivity index (χ0) is 15.8. The summed E-state index contributed by atoms with van der Waals surface area (Å²) in [6.07, 6.45) is 5.06. The van der Waals surface area contributed by atoms with Crippen molar-refractivity contribution in [3.63, 3.8) is 0 Å². The lowest BCUT2D eigenvalue weighted by Crippen LogP contribution is -2.61. The number of piperidine rings is 1. The van der Waals surface area contributed by atoms with Crippen LogP contribution in [-0.2, 0) is 11.3 Å². The predicted octanol–water partition coefficient (Wildman–Crippen LogP) is 3.63. The molecule has 1 aromatic carbocycles. The fraction of sp³-hybridized carbons (Fsp3) is 0.588. The molecule has 2 rings (SSSR count). The minimum absolute atomic E-state index is 0.313. The van der Waals surface area contributed by atoms with Gasteiger partial charge in [0.25, 0.3) is 0 Å². The second kappa shape index (κ2) is 8.03. The minimum Gasteiger partial charge on any atom is -0.446 e. The molecule has 1 heterocycles. The van der Waals surface area contributed by atoms with E-state index in [0.717, 1.165) is 50.9 Å². The summed E-state index contributed by atoms with van der Waals surface area (Å²) >= 11 is 0. The molecule has 0 spiro atoms. The lowest BCUT2D eigenvalue weighted by atomic mass is 10.1. The van der Waals surface area contributed by atoms with Gasteiger partial charge < -0.3 is 4.74 Å². The average Bonchev–Trinajstić information content (AvgIpc) is 2.51. The Morgan fingerprint density at radius 1 is 1.33 bits per heavy atom. The number of ether oxygens (including phenoxy) is 1. The van der Waals surface area contributed by atoms with Crippen LogP contribution in [0.2, 0.25) is 0 Å². The van der Waals surface area contributed by atoms with Crippen LogP contribution >= 0.6 is 0 Å². The molecule has 21 heavy (non-hydrogen) atoms. The van der Waals surface area contributed by atoms with E-state index >= 15 is 0 Å². The fourth-order valence-corrected chi connectivity index (χ4v) is 2.84. The summed E-state index contributed by atoms with van der Waals surface area (Å²) in [7, 11) is 0. The minimum atomic E-state index is -0.313. The first-order valence-electron chi connectivity index (χ1n) is 8.50. The van der Waals surface area contributed by atoms with Crippen LogP contribution in [-0.4, -0.2) is 30.4 Å². The Bertz CT molecular complexity index is 470. The second-order valence-electron chi connectivity index (χ2n) is 5.82. The summed E-state index contributed by atoms with van der Waals surface area (Å²) in [4.78, 5) is 12.1. The molecule has 1 aliphatic rings. The molecule has 0 bridgehead atoms. The Morgan fingerprint density at radius 2 is 2.05 bits per heavy atom. The van der Waals surface area contributed by atoms with E-state index in [1.54, 1.807) is 12.1 Å². The summed E-state index contributed by atoms with van der Waals surface area (Å²) in [6, 6.07) is 8.06. The van der Waals surface area contributed by atoms with Gasteiger partial charge in [0.05, 0.1) is 7.98 Å². The summed E-state index contributed by atoms with van der Waals surface area (Å²) in [5.41, 5.74) is 4.23. The highest BCUT2D eigenvalue weighted by molar-refractivity contribution is 5.65. The molecule has 0 atom stereocenters. The summed E-state index contributed by atoms with van der Waals surface area (Å²) in [5.74, 6) is 0. The molecule has 1 saturated heterocycles. The van der Waals surface area contributed by atoms with Gasteiger partial charge in [0.2, 0.25) is 0 Å². The van der Waals surface area contributed by atoms with E-state index in [-0.39, 0.29) is 6.09 Å². The lowest BCUT2D eigenvalue weighted by Gasteiger charge is -2.39. The van der Waals surface area contributed by atoms with Crippen molar-refractivity contribution in [3.8, 4) is 0 Å². The number of rotatable bonds is 6. The number of nitrogens with zero attached hydrogens (tertiary/aromatic N) is 1. The van der Waals surface area contributed by atoms with Gasteiger partial charge >= 0.3 is 6.09 Å². The molecule has 0 aliphatic carbocycles. The molecule has 0 unspecified atom stereocenters. The van der Waals surface area contributed by atoms with Gasteiger partial charge in [0, 0.05) is 5.56 Å². The van der Waals surface area contributed by atoms with Gasteiger partial charge in [0.1, 0.15) is 19.6 Å². The van der Waals surface area contributed by atoms with Gasteiger partial charge in [-0.05, 0) is 25.7 Å². The van der Waals surface area contributed by atoms with Crippen LogP contribution in [0.3, 0.4) is 0 Å². The van der Waals surface area contributed by atoms with Crippen molar-refractivity contribution >= 4 is 6.09 Å². The number of amides is 1. The monoisotopic (exact) mass is 293 g/mol. The normalized spacial score (nSPS) is 17.9. The highest BCUT2D eigenvalue weighted by Crippen LogP contribution is 2.20. The number of likely N-dealkylation sites (tertiary alicyclic amines) is 1. The highest BCUT2D eigenvalue weighted by atomic mass is 16.6. The third-order valence-corrected chi connectivity index (χ3v) is 4.00. The first kappa shape index (κ1) is 14.4. The van der Waals surface area contributed by atoms with Crippen molar-refractivity contribution in [2.75, 3.05) is 19.7 Å². The van der Waals surface area contributed by atoms with Crippen molar-refractivity contribution in [1.29, 1.82) is 0 Å². The number of hydrogen-bond acceptors (Lipinski definition) is 2. The summed E-state index contributed by atoms with van der Waals surface area (Å²) in [5, 5.41) is 0. The quantitative estimate of drug-likeness (QED) is 0.642. The average molecular weight is 293 g/mol. The highest BCUT2D eigenvalue weighted by Gasteiger charge is 2.33. The van der Waals surface area contributed by atoms with Gasteiger partial charge in [-0.15, -0.1) is 0 Å². The molecular weight excluding hydrogens is 264 g/mol. The Morgan fingerprint density at radius 3 is 2.71 bits per heavy atom. The standard InChI is InChI=1S/C17H26N2O2/c1-2-3-14-21-17(20)18-19(12-8-5-9-13-19)15-16-10-6-4-7-11-16/h4,6-7,10-11H,2-3,5,8-9,12-15H2,1H3/p+1/i4T. The first-order chi connectivity index (χ1) is 10.6. The van der Waals surface area contributed by atoms with Crippen LogP contribution in [0.5, 0.6) is 0 Å². The molecule has 1 fully saturated rings. The molecule has 1 amide bonds.